The molecule has 2 nitrogen and oxygen atoms in total. The van der Waals surface area contributed by atoms with Crippen molar-refractivity contribution in [3.05, 3.63) is 18.2 Å². The molecule has 1 aromatic heterocycles. The number of hydrogen-bond donors (Lipinski definition) is 0. The molecular formula is C51H101N2+. The molecule has 0 radical (unpaired) electrons. The highest BCUT2D eigenvalue weighted by Gasteiger charge is 2.16. The summed E-state index contributed by atoms with van der Waals surface area (Å²) in [6.45, 7) is 9.42. The molecule has 0 amide bonds. The number of hydrogen-bond acceptors (Lipinski definition) is 0. The molecular weight excluding hydrogens is 641 g/mol. The number of unbranched alkanes of at least 4 members (excludes halogenated alkanes) is 39. The van der Waals surface area contributed by atoms with Crippen molar-refractivity contribution in [1.82, 2.24) is 4.57 Å². The normalized spacial score (nSPS) is 11.7. The van der Waals surface area contributed by atoms with E-state index in [9.17, 15) is 0 Å². The third-order valence-corrected chi connectivity index (χ3v) is 12.3. The molecule has 0 aliphatic rings. The Kier molecular flexibility index (Phi) is 40.1. The zero-order valence-corrected chi connectivity index (χ0v) is 37.4. The van der Waals surface area contributed by atoms with Gasteiger partial charge in [-0.15, -0.1) is 0 Å². The Bertz CT molecular complexity index is 811. The molecule has 0 bridgehead atoms. The summed E-state index contributed by atoms with van der Waals surface area (Å²) in [5, 5.41) is 0. The molecule has 0 N–H and O–H groups in total. The summed E-state index contributed by atoms with van der Waals surface area (Å²) in [5.41, 5.74) is 0. The van der Waals surface area contributed by atoms with Crippen molar-refractivity contribution in [2.24, 2.45) is 0 Å². The summed E-state index contributed by atoms with van der Waals surface area (Å²) in [6.07, 6.45) is 66.8. The van der Waals surface area contributed by atoms with Crippen molar-refractivity contribution in [3.8, 4) is 0 Å². The fourth-order valence-electron chi connectivity index (χ4n) is 8.62. The Balaban J connectivity index is 2.24. The van der Waals surface area contributed by atoms with Crippen molar-refractivity contribution in [2.45, 2.75) is 310 Å². The number of nitrogens with zero attached hydrogens (tertiary/aromatic N) is 2. The molecule has 0 aliphatic carbocycles. The SMILES string of the molecule is CCCCCCCCCCCCCCCCCCCc1n(CCCCCCCCCCCCC)cc[n+]1CCCCCCCCCCCCCCCC. The fraction of sp³-hybridized carbons (Fsp3) is 0.941. The Labute approximate surface area is 336 Å². The van der Waals surface area contributed by atoms with Gasteiger partial charge in [-0.25, -0.2) is 9.13 Å². The summed E-state index contributed by atoms with van der Waals surface area (Å²) < 4.78 is 5.32. The van der Waals surface area contributed by atoms with E-state index < -0.39 is 0 Å². The van der Waals surface area contributed by atoms with Crippen molar-refractivity contribution < 1.29 is 4.57 Å². The van der Waals surface area contributed by atoms with E-state index >= 15 is 0 Å². The lowest BCUT2D eigenvalue weighted by Crippen LogP contribution is -2.37. The number of aromatic nitrogens is 2. The Morgan fingerprint density at radius 3 is 0.906 bits per heavy atom. The van der Waals surface area contributed by atoms with Gasteiger partial charge in [-0.2, -0.15) is 0 Å². The first-order chi connectivity index (χ1) is 26.3. The van der Waals surface area contributed by atoms with Crippen LogP contribution in [0.3, 0.4) is 0 Å². The quantitative estimate of drug-likeness (QED) is 0.0465. The summed E-state index contributed by atoms with van der Waals surface area (Å²) in [6, 6.07) is 0. The van der Waals surface area contributed by atoms with E-state index in [2.05, 4.69) is 42.3 Å². The number of aryl methyl sites for hydroxylation is 2. The van der Waals surface area contributed by atoms with Gasteiger partial charge in [0.05, 0.1) is 13.1 Å². The second-order valence-corrected chi connectivity index (χ2v) is 17.6. The van der Waals surface area contributed by atoms with Gasteiger partial charge in [-0.1, -0.05) is 258 Å². The van der Waals surface area contributed by atoms with E-state index in [0.717, 1.165) is 0 Å². The molecule has 0 unspecified atom stereocenters. The van der Waals surface area contributed by atoms with Crippen molar-refractivity contribution in [3.63, 3.8) is 0 Å². The zero-order valence-electron chi connectivity index (χ0n) is 37.4. The summed E-state index contributed by atoms with van der Waals surface area (Å²) in [4.78, 5) is 0. The Morgan fingerprint density at radius 1 is 0.321 bits per heavy atom. The second kappa shape index (κ2) is 42.4. The van der Waals surface area contributed by atoms with Crippen LogP contribution < -0.4 is 4.57 Å². The average Bonchev–Trinajstić information content (AvgIpc) is 3.55. The molecule has 1 rings (SSSR count). The van der Waals surface area contributed by atoms with Gasteiger partial charge in [-0.3, -0.25) is 0 Å². The third kappa shape index (κ3) is 34.2. The molecule has 2 heteroatoms. The van der Waals surface area contributed by atoms with Crippen LogP contribution >= 0.6 is 0 Å². The maximum absolute atomic E-state index is 2.66. The summed E-state index contributed by atoms with van der Waals surface area (Å²) >= 11 is 0. The average molecular weight is 742 g/mol. The molecule has 0 aromatic carbocycles. The first-order valence-corrected chi connectivity index (χ1v) is 25.4. The topological polar surface area (TPSA) is 8.81 Å². The molecule has 314 valence electrons. The van der Waals surface area contributed by atoms with Gasteiger partial charge in [0.1, 0.15) is 12.4 Å². The van der Waals surface area contributed by atoms with E-state index in [1.54, 1.807) is 5.82 Å². The lowest BCUT2D eigenvalue weighted by atomic mass is 10.0. The minimum absolute atomic E-state index is 1.23. The van der Waals surface area contributed by atoms with Gasteiger partial charge in [0.2, 0.25) is 0 Å². The summed E-state index contributed by atoms with van der Waals surface area (Å²) in [7, 11) is 0. The number of rotatable bonds is 45. The van der Waals surface area contributed by atoms with Crippen LogP contribution in [-0.4, -0.2) is 4.57 Å². The van der Waals surface area contributed by atoms with Crippen molar-refractivity contribution in [2.75, 3.05) is 0 Å². The number of imidazole rings is 1. The smallest absolute Gasteiger partial charge is 0.234 e. The van der Waals surface area contributed by atoms with E-state index in [1.807, 2.05) is 0 Å². The van der Waals surface area contributed by atoms with Crippen LogP contribution in [0.2, 0.25) is 0 Å². The van der Waals surface area contributed by atoms with Crippen LogP contribution in [0.4, 0.5) is 0 Å². The van der Waals surface area contributed by atoms with Crippen LogP contribution in [0.1, 0.15) is 296 Å². The molecule has 1 aromatic rings. The van der Waals surface area contributed by atoms with E-state index in [-0.39, 0.29) is 0 Å². The van der Waals surface area contributed by atoms with Gasteiger partial charge >= 0.3 is 0 Å². The van der Waals surface area contributed by atoms with Crippen molar-refractivity contribution >= 4 is 0 Å². The molecule has 53 heavy (non-hydrogen) atoms. The lowest BCUT2D eigenvalue weighted by molar-refractivity contribution is -0.704. The van der Waals surface area contributed by atoms with Gasteiger partial charge < -0.3 is 0 Å². The van der Waals surface area contributed by atoms with Crippen LogP contribution in [-0.2, 0) is 19.5 Å². The molecule has 0 aliphatic heterocycles. The minimum Gasteiger partial charge on any atom is -0.234 e. The van der Waals surface area contributed by atoms with E-state index in [1.165, 1.54) is 289 Å². The van der Waals surface area contributed by atoms with Gasteiger partial charge in [-0.05, 0) is 32.1 Å². The third-order valence-electron chi connectivity index (χ3n) is 12.3. The highest BCUT2D eigenvalue weighted by Crippen LogP contribution is 2.17. The minimum atomic E-state index is 1.23. The highest BCUT2D eigenvalue weighted by molar-refractivity contribution is 4.84. The monoisotopic (exact) mass is 742 g/mol. The standard InChI is InChI=1S/C51H101N2/c1-4-7-10-13-16-19-22-24-26-27-28-29-31-34-37-40-43-46-51-52(47-44-41-38-35-32-21-18-15-12-9-6-3)49-50-53(51)48-45-42-39-36-33-30-25-23-20-17-14-11-8-5-2/h49-50H,4-48H2,1-3H3/q+1. The predicted octanol–water partition coefficient (Wildman–Crippen LogP) is 17.8. The lowest BCUT2D eigenvalue weighted by Gasteiger charge is -2.07. The molecule has 0 atom stereocenters. The highest BCUT2D eigenvalue weighted by atomic mass is 15.1. The molecule has 0 fully saturated rings. The predicted molar refractivity (Wildman–Crippen MR) is 239 cm³/mol. The van der Waals surface area contributed by atoms with Gasteiger partial charge in [0, 0.05) is 6.42 Å². The Morgan fingerprint density at radius 2 is 0.585 bits per heavy atom. The zero-order chi connectivity index (χ0) is 38.0. The molecule has 1 heterocycles. The first kappa shape index (κ1) is 50.2. The van der Waals surface area contributed by atoms with Crippen LogP contribution in [0.15, 0.2) is 12.4 Å². The first-order valence-electron chi connectivity index (χ1n) is 25.4. The molecule has 0 saturated carbocycles. The van der Waals surface area contributed by atoms with Crippen LogP contribution in [0.25, 0.3) is 0 Å². The fourth-order valence-corrected chi connectivity index (χ4v) is 8.62. The van der Waals surface area contributed by atoms with Gasteiger partial charge in [0.15, 0.2) is 0 Å². The van der Waals surface area contributed by atoms with Gasteiger partial charge in [0.25, 0.3) is 5.82 Å². The second-order valence-electron chi connectivity index (χ2n) is 17.6. The Hall–Kier alpha value is -0.790. The maximum Gasteiger partial charge on any atom is 0.256 e. The largest absolute Gasteiger partial charge is 0.256 e. The van der Waals surface area contributed by atoms with E-state index in [0.29, 0.717) is 0 Å². The molecule has 0 spiro atoms. The maximum atomic E-state index is 2.66. The van der Waals surface area contributed by atoms with Crippen LogP contribution in [0, 0.1) is 0 Å². The van der Waals surface area contributed by atoms with Crippen molar-refractivity contribution in [1.29, 1.82) is 0 Å². The van der Waals surface area contributed by atoms with E-state index in [4.69, 9.17) is 0 Å². The molecule has 0 saturated heterocycles. The summed E-state index contributed by atoms with van der Waals surface area (Å²) in [5.74, 6) is 1.63. The van der Waals surface area contributed by atoms with Crippen LogP contribution in [0.5, 0.6) is 0 Å².